The standard InChI is InChI=1S/C16H21FO3/c1-11-9-14(17)6-3-13(11)10-20-15-7-4-12(5-8-15)16(18)19-2/h3,6,9,12,15H,4-5,7-8,10H2,1-2H3. The molecule has 1 aliphatic carbocycles. The molecule has 0 aromatic heterocycles. The third-order valence-electron chi connectivity index (χ3n) is 3.99. The van der Waals surface area contributed by atoms with Crippen LogP contribution in [0.1, 0.15) is 36.8 Å². The van der Waals surface area contributed by atoms with Crippen LogP contribution in [-0.2, 0) is 20.9 Å². The van der Waals surface area contributed by atoms with Crippen LogP contribution < -0.4 is 0 Å². The number of methoxy groups -OCH3 is 1. The van der Waals surface area contributed by atoms with E-state index in [9.17, 15) is 9.18 Å². The van der Waals surface area contributed by atoms with Crippen LogP contribution in [0.4, 0.5) is 4.39 Å². The lowest BCUT2D eigenvalue weighted by atomic mass is 9.87. The second kappa shape index (κ2) is 6.84. The summed E-state index contributed by atoms with van der Waals surface area (Å²) in [6, 6.07) is 4.75. The summed E-state index contributed by atoms with van der Waals surface area (Å²) in [4.78, 5) is 11.4. The maximum absolute atomic E-state index is 13.0. The van der Waals surface area contributed by atoms with Gasteiger partial charge >= 0.3 is 5.97 Å². The van der Waals surface area contributed by atoms with Gasteiger partial charge in [0.05, 0.1) is 25.7 Å². The molecule has 0 radical (unpaired) electrons. The van der Waals surface area contributed by atoms with Crippen LogP contribution in [0.15, 0.2) is 18.2 Å². The van der Waals surface area contributed by atoms with Crippen molar-refractivity contribution in [2.75, 3.05) is 7.11 Å². The summed E-state index contributed by atoms with van der Waals surface area (Å²) in [7, 11) is 1.43. The molecule has 3 nitrogen and oxygen atoms in total. The molecular formula is C16H21FO3. The predicted molar refractivity (Wildman–Crippen MR) is 73.7 cm³/mol. The molecular weight excluding hydrogens is 259 g/mol. The van der Waals surface area contributed by atoms with Crippen molar-refractivity contribution in [2.45, 2.75) is 45.3 Å². The summed E-state index contributed by atoms with van der Waals surface area (Å²) in [6.07, 6.45) is 3.57. The fourth-order valence-corrected chi connectivity index (χ4v) is 2.66. The van der Waals surface area contributed by atoms with Gasteiger partial charge in [-0.25, -0.2) is 4.39 Å². The van der Waals surface area contributed by atoms with Gasteiger partial charge in [-0.3, -0.25) is 4.79 Å². The fraction of sp³-hybridized carbons (Fsp3) is 0.562. The average Bonchev–Trinajstić information content (AvgIpc) is 2.46. The van der Waals surface area contributed by atoms with Gasteiger partial charge in [-0.1, -0.05) is 6.07 Å². The smallest absolute Gasteiger partial charge is 0.308 e. The number of aryl methyl sites for hydroxylation is 1. The molecule has 110 valence electrons. The molecule has 1 aromatic rings. The van der Waals surface area contributed by atoms with Crippen molar-refractivity contribution in [3.8, 4) is 0 Å². The van der Waals surface area contributed by atoms with E-state index < -0.39 is 0 Å². The van der Waals surface area contributed by atoms with Crippen LogP contribution in [0.2, 0.25) is 0 Å². The van der Waals surface area contributed by atoms with Crippen LogP contribution in [0.5, 0.6) is 0 Å². The first kappa shape index (κ1) is 15.0. The minimum atomic E-state index is -0.218. The Kier molecular flexibility index (Phi) is 5.12. The summed E-state index contributed by atoms with van der Waals surface area (Å²) in [5, 5.41) is 0. The molecule has 0 spiro atoms. The van der Waals surface area contributed by atoms with Gasteiger partial charge in [0.1, 0.15) is 5.82 Å². The Labute approximate surface area is 119 Å². The highest BCUT2D eigenvalue weighted by Gasteiger charge is 2.27. The molecule has 0 N–H and O–H groups in total. The van der Waals surface area contributed by atoms with Crippen molar-refractivity contribution in [3.05, 3.63) is 35.1 Å². The van der Waals surface area contributed by atoms with Crippen molar-refractivity contribution in [1.82, 2.24) is 0 Å². The normalized spacial score (nSPS) is 22.6. The molecule has 20 heavy (non-hydrogen) atoms. The van der Waals surface area contributed by atoms with Crippen LogP contribution in [0.25, 0.3) is 0 Å². The van der Waals surface area contributed by atoms with Gasteiger partial charge in [-0.05, 0) is 55.9 Å². The first-order chi connectivity index (χ1) is 9.60. The summed E-state index contributed by atoms with van der Waals surface area (Å²) >= 11 is 0. The molecule has 0 bridgehead atoms. The predicted octanol–water partition coefficient (Wildman–Crippen LogP) is 3.38. The van der Waals surface area contributed by atoms with Crippen molar-refractivity contribution < 1.29 is 18.7 Å². The van der Waals surface area contributed by atoms with E-state index in [-0.39, 0.29) is 23.8 Å². The Balaban J connectivity index is 1.80. The monoisotopic (exact) mass is 280 g/mol. The number of ether oxygens (including phenoxy) is 2. The number of rotatable bonds is 4. The lowest BCUT2D eigenvalue weighted by molar-refractivity contribution is -0.147. The third-order valence-corrected chi connectivity index (χ3v) is 3.99. The summed E-state index contributed by atoms with van der Waals surface area (Å²) in [5.74, 6) is -0.310. The Morgan fingerprint density at radius 2 is 2.00 bits per heavy atom. The van der Waals surface area contributed by atoms with Gasteiger partial charge < -0.3 is 9.47 Å². The topological polar surface area (TPSA) is 35.5 Å². The Hall–Kier alpha value is -1.42. The van der Waals surface area contributed by atoms with E-state index in [1.54, 1.807) is 6.07 Å². The van der Waals surface area contributed by atoms with Crippen molar-refractivity contribution in [2.24, 2.45) is 5.92 Å². The second-order valence-electron chi connectivity index (χ2n) is 5.38. The highest BCUT2D eigenvalue weighted by atomic mass is 19.1. The fourth-order valence-electron chi connectivity index (χ4n) is 2.66. The maximum Gasteiger partial charge on any atom is 0.308 e. The molecule has 0 heterocycles. The molecule has 0 saturated heterocycles. The molecule has 1 fully saturated rings. The number of carbonyl (C=O) groups excluding carboxylic acids is 1. The highest BCUT2D eigenvalue weighted by Crippen LogP contribution is 2.28. The minimum absolute atomic E-state index is 0.0207. The zero-order chi connectivity index (χ0) is 14.5. The molecule has 4 heteroatoms. The van der Waals surface area contributed by atoms with Gasteiger partial charge in [0.15, 0.2) is 0 Å². The molecule has 0 aliphatic heterocycles. The first-order valence-corrected chi connectivity index (χ1v) is 7.04. The average molecular weight is 280 g/mol. The maximum atomic E-state index is 13.0. The van der Waals surface area contributed by atoms with Crippen LogP contribution >= 0.6 is 0 Å². The molecule has 1 saturated carbocycles. The van der Waals surface area contributed by atoms with Crippen LogP contribution in [0.3, 0.4) is 0 Å². The van der Waals surface area contributed by atoms with E-state index in [1.807, 2.05) is 6.92 Å². The van der Waals surface area contributed by atoms with E-state index in [0.717, 1.165) is 36.8 Å². The molecule has 0 atom stereocenters. The minimum Gasteiger partial charge on any atom is -0.469 e. The first-order valence-electron chi connectivity index (χ1n) is 7.04. The number of hydrogen-bond acceptors (Lipinski definition) is 3. The van der Waals surface area contributed by atoms with E-state index in [1.165, 1.54) is 19.2 Å². The zero-order valence-corrected chi connectivity index (χ0v) is 12.0. The Bertz CT molecular complexity index is 465. The summed E-state index contributed by atoms with van der Waals surface area (Å²) in [6.45, 7) is 2.38. The third kappa shape index (κ3) is 3.79. The SMILES string of the molecule is COC(=O)C1CCC(OCc2ccc(F)cc2C)CC1. The largest absolute Gasteiger partial charge is 0.469 e. The van der Waals surface area contributed by atoms with Crippen molar-refractivity contribution >= 4 is 5.97 Å². The number of benzene rings is 1. The lowest BCUT2D eigenvalue weighted by Crippen LogP contribution is -2.26. The molecule has 2 rings (SSSR count). The van der Waals surface area contributed by atoms with E-state index in [0.29, 0.717) is 6.61 Å². The Morgan fingerprint density at radius 3 is 2.60 bits per heavy atom. The lowest BCUT2D eigenvalue weighted by Gasteiger charge is -2.27. The highest BCUT2D eigenvalue weighted by molar-refractivity contribution is 5.72. The van der Waals surface area contributed by atoms with Gasteiger partial charge in [0, 0.05) is 0 Å². The second-order valence-corrected chi connectivity index (χ2v) is 5.38. The van der Waals surface area contributed by atoms with Gasteiger partial charge in [0.25, 0.3) is 0 Å². The van der Waals surface area contributed by atoms with Gasteiger partial charge in [0.2, 0.25) is 0 Å². The summed E-state index contributed by atoms with van der Waals surface area (Å²) < 4.78 is 23.7. The molecule has 1 aromatic carbocycles. The number of esters is 1. The molecule has 1 aliphatic rings. The number of carbonyl (C=O) groups is 1. The number of halogens is 1. The zero-order valence-electron chi connectivity index (χ0n) is 12.0. The summed E-state index contributed by atoms with van der Waals surface area (Å²) in [5.41, 5.74) is 1.93. The van der Waals surface area contributed by atoms with E-state index in [4.69, 9.17) is 9.47 Å². The van der Waals surface area contributed by atoms with Crippen molar-refractivity contribution in [1.29, 1.82) is 0 Å². The molecule has 0 amide bonds. The number of hydrogen-bond donors (Lipinski definition) is 0. The van der Waals surface area contributed by atoms with Crippen LogP contribution in [0, 0.1) is 18.7 Å². The molecule has 0 unspecified atom stereocenters. The van der Waals surface area contributed by atoms with Gasteiger partial charge in [-0.15, -0.1) is 0 Å². The van der Waals surface area contributed by atoms with Crippen molar-refractivity contribution in [3.63, 3.8) is 0 Å². The van der Waals surface area contributed by atoms with E-state index >= 15 is 0 Å². The van der Waals surface area contributed by atoms with E-state index in [2.05, 4.69) is 0 Å². The Morgan fingerprint density at radius 1 is 1.30 bits per heavy atom. The van der Waals surface area contributed by atoms with Gasteiger partial charge in [-0.2, -0.15) is 0 Å². The quantitative estimate of drug-likeness (QED) is 0.793. The van der Waals surface area contributed by atoms with Crippen LogP contribution in [-0.4, -0.2) is 19.2 Å².